The molecule has 118 valence electrons. The van der Waals surface area contributed by atoms with Crippen LogP contribution in [0.2, 0.25) is 0 Å². The molecule has 0 spiro atoms. The van der Waals surface area contributed by atoms with Gasteiger partial charge in [-0.25, -0.2) is 4.68 Å². The summed E-state index contributed by atoms with van der Waals surface area (Å²) in [5.74, 6) is -0.338. The van der Waals surface area contributed by atoms with Crippen molar-refractivity contribution < 1.29 is 9.59 Å². The summed E-state index contributed by atoms with van der Waals surface area (Å²) in [5.41, 5.74) is 0.212. The van der Waals surface area contributed by atoms with Gasteiger partial charge >= 0.3 is 0 Å². The predicted octanol–water partition coefficient (Wildman–Crippen LogP) is 1.14. The number of hydrogen-bond donors (Lipinski definition) is 1. The number of likely N-dealkylation sites (N-methyl/N-ethyl adjacent to an activating group) is 1. The Bertz CT molecular complexity index is 619. The molecule has 0 unspecified atom stereocenters. The highest BCUT2D eigenvalue weighted by atomic mass is 32.1. The topological polar surface area (TPSA) is 80.1 Å². The summed E-state index contributed by atoms with van der Waals surface area (Å²) in [6.07, 6.45) is 1.49. The smallest absolute Gasteiger partial charge is 0.273 e. The Morgan fingerprint density at radius 3 is 2.77 bits per heavy atom. The molecule has 2 aromatic heterocycles. The minimum atomic E-state index is -0.296. The SMILES string of the molecule is CCN(CC)C(=O)Cn1cc(C(=O)NCc2cccs2)nn1. The van der Waals surface area contributed by atoms with E-state index in [1.54, 1.807) is 16.2 Å². The Kier molecular flexibility index (Phi) is 5.65. The molecule has 0 atom stereocenters. The highest BCUT2D eigenvalue weighted by Gasteiger charge is 2.14. The molecule has 2 rings (SSSR count). The van der Waals surface area contributed by atoms with Crippen LogP contribution in [0.15, 0.2) is 23.7 Å². The summed E-state index contributed by atoms with van der Waals surface area (Å²) >= 11 is 1.58. The van der Waals surface area contributed by atoms with Crippen LogP contribution in [-0.4, -0.2) is 44.8 Å². The molecule has 1 N–H and O–H groups in total. The van der Waals surface area contributed by atoms with Crippen molar-refractivity contribution >= 4 is 23.2 Å². The van der Waals surface area contributed by atoms with Gasteiger partial charge in [-0.1, -0.05) is 11.3 Å². The number of aromatic nitrogens is 3. The van der Waals surface area contributed by atoms with E-state index in [4.69, 9.17) is 0 Å². The number of rotatable bonds is 7. The van der Waals surface area contributed by atoms with Gasteiger partial charge in [-0.3, -0.25) is 9.59 Å². The van der Waals surface area contributed by atoms with Crippen LogP contribution < -0.4 is 5.32 Å². The molecule has 22 heavy (non-hydrogen) atoms. The molecule has 0 bridgehead atoms. The van der Waals surface area contributed by atoms with Crippen molar-refractivity contribution in [1.29, 1.82) is 0 Å². The lowest BCUT2D eigenvalue weighted by Crippen LogP contribution is -2.33. The van der Waals surface area contributed by atoms with E-state index in [1.807, 2.05) is 31.4 Å². The van der Waals surface area contributed by atoms with Crippen molar-refractivity contribution in [3.05, 3.63) is 34.3 Å². The average Bonchev–Trinajstić information content (AvgIpc) is 3.17. The van der Waals surface area contributed by atoms with E-state index in [2.05, 4.69) is 15.6 Å². The molecular formula is C14H19N5O2S. The van der Waals surface area contributed by atoms with Gasteiger partial charge in [0.2, 0.25) is 5.91 Å². The summed E-state index contributed by atoms with van der Waals surface area (Å²) in [4.78, 5) is 26.7. The highest BCUT2D eigenvalue weighted by molar-refractivity contribution is 7.09. The average molecular weight is 321 g/mol. The minimum absolute atomic E-state index is 0.0413. The number of carbonyl (C=O) groups is 2. The Hall–Kier alpha value is -2.22. The molecule has 2 aromatic rings. The number of thiophene rings is 1. The summed E-state index contributed by atoms with van der Waals surface area (Å²) < 4.78 is 1.39. The first-order valence-corrected chi connectivity index (χ1v) is 8.00. The molecule has 0 aliphatic heterocycles. The fraction of sp³-hybridized carbons (Fsp3) is 0.429. The van der Waals surface area contributed by atoms with Crippen molar-refractivity contribution in [3.8, 4) is 0 Å². The van der Waals surface area contributed by atoms with Gasteiger partial charge in [0.15, 0.2) is 5.69 Å². The van der Waals surface area contributed by atoms with E-state index in [0.29, 0.717) is 19.6 Å². The van der Waals surface area contributed by atoms with Crippen molar-refractivity contribution in [2.75, 3.05) is 13.1 Å². The van der Waals surface area contributed by atoms with E-state index < -0.39 is 0 Å². The van der Waals surface area contributed by atoms with E-state index in [9.17, 15) is 9.59 Å². The molecule has 0 fully saturated rings. The van der Waals surface area contributed by atoms with Crippen molar-refractivity contribution in [2.45, 2.75) is 26.9 Å². The molecule has 0 aliphatic carbocycles. The third-order valence-corrected chi connectivity index (χ3v) is 4.06. The number of hydrogen-bond acceptors (Lipinski definition) is 5. The highest BCUT2D eigenvalue weighted by Crippen LogP contribution is 2.07. The van der Waals surface area contributed by atoms with Crippen molar-refractivity contribution in [2.24, 2.45) is 0 Å². The number of nitrogens with one attached hydrogen (secondary N) is 1. The summed E-state index contributed by atoms with van der Waals surface area (Å²) in [7, 11) is 0. The lowest BCUT2D eigenvalue weighted by atomic mass is 10.4. The molecule has 8 heteroatoms. The van der Waals surface area contributed by atoms with Crippen LogP contribution in [0.4, 0.5) is 0 Å². The van der Waals surface area contributed by atoms with Gasteiger partial charge in [0.25, 0.3) is 5.91 Å². The standard InChI is InChI=1S/C14H19N5O2S/c1-3-18(4-2)13(20)10-19-9-12(16-17-19)14(21)15-8-11-6-5-7-22-11/h5-7,9H,3-4,8,10H2,1-2H3,(H,15,21). The van der Waals surface area contributed by atoms with Gasteiger partial charge < -0.3 is 10.2 Å². The monoisotopic (exact) mass is 321 g/mol. The van der Waals surface area contributed by atoms with E-state index in [0.717, 1.165) is 4.88 Å². The van der Waals surface area contributed by atoms with Gasteiger partial charge in [0.1, 0.15) is 6.54 Å². The van der Waals surface area contributed by atoms with Crippen LogP contribution >= 0.6 is 11.3 Å². The normalized spacial score (nSPS) is 10.5. The van der Waals surface area contributed by atoms with Gasteiger partial charge in [-0.05, 0) is 25.3 Å². The second-order valence-corrected chi connectivity index (χ2v) is 5.66. The Labute approximate surface area is 132 Å². The van der Waals surface area contributed by atoms with Crippen LogP contribution in [0.25, 0.3) is 0 Å². The first-order valence-electron chi connectivity index (χ1n) is 7.12. The van der Waals surface area contributed by atoms with E-state index >= 15 is 0 Å². The summed E-state index contributed by atoms with van der Waals surface area (Å²) in [5, 5.41) is 12.4. The number of amides is 2. The first-order chi connectivity index (χ1) is 10.6. The molecule has 0 radical (unpaired) electrons. The third-order valence-electron chi connectivity index (χ3n) is 3.19. The molecule has 7 nitrogen and oxygen atoms in total. The van der Waals surface area contributed by atoms with Gasteiger partial charge in [0.05, 0.1) is 12.7 Å². The fourth-order valence-corrected chi connectivity index (χ4v) is 2.61. The van der Waals surface area contributed by atoms with E-state index in [-0.39, 0.29) is 24.1 Å². The molecule has 2 amide bonds. The molecule has 0 saturated heterocycles. The van der Waals surface area contributed by atoms with Crippen molar-refractivity contribution in [1.82, 2.24) is 25.2 Å². The second-order valence-electron chi connectivity index (χ2n) is 4.63. The predicted molar refractivity (Wildman–Crippen MR) is 83.4 cm³/mol. The lowest BCUT2D eigenvalue weighted by Gasteiger charge is -2.17. The van der Waals surface area contributed by atoms with Crippen LogP contribution in [0, 0.1) is 0 Å². The molecular weight excluding hydrogens is 302 g/mol. The second kappa shape index (κ2) is 7.69. The van der Waals surface area contributed by atoms with Gasteiger partial charge in [-0.15, -0.1) is 16.4 Å². The van der Waals surface area contributed by atoms with Gasteiger partial charge in [-0.2, -0.15) is 0 Å². The Balaban J connectivity index is 1.90. The largest absolute Gasteiger partial charge is 0.346 e. The number of nitrogens with zero attached hydrogens (tertiary/aromatic N) is 4. The van der Waals surface area contributed by atoms with Crippen LogP contribution in [0.1, 0.15) is 29.2 Å². The van der Waals surface area contributed by atoms with E-state index in [1.165, 1.54) is 10.9 Å². The Morgan fingerprint density at radius 1 is 1.36 bits per heavy atom. The summed E-state index contributed by atoms with van der Waals surface area (Å²) in [6.45, 7) is 5.70. The maximum absolute atomic E-state index is 12.0. The molecule has 0 aromatic carbocycles. The van der Waals surface area contributed by atoms with Crippen LogP contribution in [0.5, 0.6) is 0 Å². The van der Waals surface area contributed by atoms with Crippen LogP contribution in [0.3, 0.4) is 0 Å². The van der Waals surface area contributed by atoms with Crippen molar-refractivity contribution in [3.63, 3.8) is 0 Å². The number of carbonyl (C=O) groups excluding carboxylic acids is 2. The molecule has 0 saturated carbocycles. The zero-order valence-corrected chi connectivity index (χ0v) is 13.5. The quantitative estimate of drug-likeness (QED) is 0.829. The van der Waals surface area contributed by atoms with Gasteiger partial charge in [0, 0.05) is 18.0 Å². The first kappa shape index (κ1) is 16.2. The minimum Gasteiger partial charge on any atom is -0.346 e. The maximum atomic E-state index is 12.0. The molecule has 0 aliphatic rings. The maximum Gasteiger partial charge on any atom is 0.273 e. The zero-order chi connectivity index (χ0) is 15.9. The zero-order valence-electron chi connectivity index (χ0n) is 12.7. The lowest BCUT2D eigenvalue weighted by molar-refractivity contribution is -0.131. The molecule has 2 heterocycles. The summed E-state index contributed by atoms with van der Waals surface area (Å²) in [6, 6.07) is 3.88. The van der Waals surface area contributed by atoms with Crippen LogP contribution in [-0.2, 0) is 17.9 Å². The Morgan fingerprint density at radius 2 is 2.14 bits per heavy atom. The third kappa shape index (κ3) is 4.14. The fourth-order valence-electron chi connectivity index (χ4n) is 1.97.